The lowest BCUT2D eigenvalue weighted by Crippen LogP contribution is -2.34. The molecule has 0 aromatic heterocycles. The van der Waals surface area contributed by atoms with Crippen molar-refractivity contribution in [2.24, 2.45) is 0 Å². The molecule has 0 spiro atoms. The minimum atomic E-state index is -0.00675. The average Bonchev–Trinajstić information content (AvgIpc) is 2.41. The van der Waals surface area contributed by atoms with Crippen LogP contribution < -0.4 is 5.32 Å². The van der Waals surface area contributed by atoms with Crippen molar-refractivity contribution in [3.8, 4) is 0 Å². The van der Waals surface area contributed by atoms with Crippen LogP contribution in [0.1, 0.15) is 28.4 Å². The predicted octanol–water partition coefficient (Wildman–Crippen LogP) is 4.12. The predicted molar refractivity (Wildman–Crippen MR) is 86.0 cm³/mol. The van der Waals surface area contributed by atoms with Gasteiger partial charge >= 0.3 is 0 Å². The highest BCUT2D eigenvalue weighted by Gasteiger charge is 2.11. The number of halogens is 1. The summed E-state index contributed by atoms with van der Waals surface area (Å²) >= 11 is 3.42. The van der Waals surface area contributed by atoms with Crippen LogP contribution in [0.15, 0.2) is 53.0 Å². The summed E-state index contributed by atoms with van der Waals surface area (Å²) in [7, 11) is 0. The molecule has 0 unspecified atom stereocenters. The zero-order valence-electron chi connectivity index (χ0n) is 11.7. The molecule has 0 aliphatic rings. The molecular formula is C17H18BrNO. The third-order valence-corrected chi connectivity index (χ3v) is 3.75. The number of amides is 1. The van der Waals surface area contributed by atoms with Crippen LogP contribution in [0.3, 0.4) is 0 Å². The topological polar surface area (TPSA) is 29.1 Å². The van der Waals surface area contributed by atoms with Crippen LogP contribution in [-0.2, 0) is 6.42 Å². The van der Waals surface area contributed by atoms with Gasteiger partial charge in [0.15, 0.2) is 0 Å². The highest BCUT2D eigenvalue weighted by atomic mass is 79.9. The molecule has 1 atom stereocenters. The fourth-order valence-electron chi connectivity index (χ4n) is 2.15. The first-order valence-corrected chi connectivity index (χ1v) is 7.46. The standard InChI is InChI=1S/C17H18BrNO/c1-12-5-3-4-6-16(12)17(20)19-13(2)11-14-7-9-15(18)10-8-14/h3-10,13H,11H2,1-2H3,(H,19,20)/t13-/m1/s1. The first kappa shape index (κ1) is 14.8. The lowest BCUT2D eigenvalue weighted by molar-refractivity contribution is 0.0939. The maximum atomic E-state index is 12.2. The maximum Gasteiger partial charge on any atom is 0.251 e. The molecule has 2 nitrogen and oxygen atoms in total. The second kappa shape index (κ2) is 6.71. The molecule has 0 fully saturated rings. The molecule has 104 valence electrons. The van der Waals surface area contributed by atoms with Crippen molar-refractivity contribution < 1.29 is 4.79 Å². The Morgan fingerprint density at radius 3 is 2.45 bits per heavy atom. The normalized spacial score (nSPS) is 11.9. The monoisotopic (exact) mass is 331 g/mol. The molecule has 0 aliphatic heterocycles. The van der Waals surface area contributed by atoms with Gasteiger partial charge in [-0.05, 0) is 49.6 Å². The molecule has 2 aromatic carbocycles. The van der Waals surface area contributed by atoms with Crippen LogP contribution in [0.5, 0.6) is 0 Å². The molecule has 2 rings (SSSR count). The van der Waals surface area contributed by atoms with E-state index in [9.17, 15) is 4.79 Å². The molecule has 0 saturated heterocycles. The molecule has 20 heavy (non-hydrogen) atoms. The van der Waals surface area contributed by atoms with Crippen molar-refractivity contribution in [1.82, 2.24) is 5.32 Å². The maximum absolute atomic E-state index is 12.2. The Hall–Kier alpha value is -1.61. The summed E-state index contributed by atoms with van der Waals surface area (Å²) in [5.41, 5.74) is 2.96. The van der Waals surface area contributed by atoms with Crippen LogP contribution in [0, 0.1) is 6.92 Å². The summed E-state index contributed by atoms with van der Waals surface area (Å²) in [5.74, 6) is -0.00675. The SMILES string of the molecule is Cc1ccccc1C(=O)N[C@H](C)Cc1ccc(Br)cc1. The number of hydrogen-bond donors (Lipinski definition) is 1. The molecule has 3 heteroatoms. The van der Waals surface area contributed by atoms with Gasteiger partial charge in [-0.25, -0.2) is 0 Å². The molecule has 0 bridgehead atoms. The summed E-state index contributed by atoms with van der Waals surface area (Å²) in [6.07, 6.45) is 0.824. The van der Waals surface area contributed by atoms with E-state index in [1.165, 1.54) is 5.56 Å². The summed E-state index contributed by atoms with van der Waals surface area (Å²) < 4.78 is 1.07. The van der Waals surface area contributed by atoms with Gasteiger partial charge in [0.1, 0.15) is 0 Å². The van der Waals surface area contributed by atoms with E-state index >= 15 is 0 Å². The average molecular weight is 332 g/mol. The van der Waals surface area contributed by atoms with Crippen molar-refractivity contribution >= 4 is 21.8 Å². The van der Waals surface area contributed by atoms with Crippen LogP contribution in [0.25, 0.3) is 0 Å². The smallest absolute Gasteiger partial charge is 0.251 e. The number of nitrogens with one attached hydrogen (secondary N) is 1. The Morgan fingerprint density at radius 1 is 1.15 bits per heavy atom. The number of carbonyl (C=O) groups excluding carboxylic acids is 1. The van der Waals surface area contributed by atoms with Gasteiger partial charge in [0, 0.05) is 16.1 Å². The van der Waals surface area contributed by atoms with Gasteiger partial charge in [0.25, 0.3) is 5.91 Å². The van der Waals surface area contributed by atoms with Gasteiger partial charge < -0.3 is 5.32 Å². The second-order valence-electron chi connectivity index (χ2n) is 5.02. The first-order valence-electron chi connectivity index (χ1n) is 6.67. The van der Waals surface area contributed by atoms with Gasteiger partial charge in [-0.2, -0.15) is 0 Å². The van der Waals surface area contributed by atoms with E-state index < -0.39 is 0 Å². The zero-order chi connectivity index (χ0) is 14.5. The van der Waals surface area contributed by atoms with Crippen molar-refractivity contribution in [2.45, 2.75) is 26.3 Å². The zero-order valence-corrected chi connectivity index (χ0v) is 13.3. The van der Waals surface area contributed by atoms with Crippen molar-refractivity contribution in [3.05, 3.63) is 69.7 Å². The highest BCUT2D eigenvalue weighted by molar-refractivity contribution is 9.10. The van der Waals surface area contributed by atoms with Crippen LogP contribution >= 0.6 is 15.9 Å². The fourth-order valence-corrected chi connectivity index (χ4v) is 2.42. The Morgan fingerprint density at radius 2 is 1.80 bits per heavy atom. The third-order valence-electron chi connectivity index (χ3n) is 3.22. The number of rotatable bonds is 4. The number of hydrogen-bond acceptors (Lipinski definition) is 1. The van der Waals surface area contributed by atoms with Gasteiger partial charge in [-0.15, -0.1) is 0 Å². The van der Waals surface area contributed by atoms with Crippen molar-refractivity contribution in [3.63, 3.8) is 0 Å². The summed E-state index contributed by atoms with van der Waals surface area (Å²) in [6.45, 7) is 3.98. The summed E-state index contributed by atoms with van der Waals surface area (Å²) in [6, 6.07) is 15.9. The van der Waals surface area contributed by atoms with E-state index in [1.54, 1.807) is 0 Å². The van der Waals surface area contributed by atoms with Gasteiger partial charge in [-0.1, -0.05) is 46.3 Å². The number of benzene rings is 2. The number of aryl methyl sites for hydroxylation is 1. The van der Waals surface area contributed by atoms with Crippen molar-refractivity contribution in [1.29, 1.82) is 0 Å². The minimum absolute atomic E-state index is 0.00675. The van der Waals surface area contributed by atoms with Gasteiger partial charge in [-0.3, -0.25) is 4.79 Å². The Kier molecular flexibility index (Phi) is 4.96. The number of carbonyl (C=O) groups is 1. The van der Waals surface area contributed by atoms with E-state index in [2.05, 4.69) is 33.4 Å². The molecular weight excluding hydrogens is 314 g/mol. The van der Waals surface area contributed by atoms with E-state index in [1.807, 2.05) is 50.2 Å². The Balaban J connectivity index is 1.98. The quantitative estimate of drug-likeness (QED) is 0.897. The second-order valence-corrected chi connectivity index (χ2v) is 5.94. The summed E-state index contributed by atoms with van der Waals surface area (Å²) in [4.78, 5) is 12.2. The molecule has 2 aromatic rings. The molecule has 0 aliphatic carbocycles. The minimum Gasteiger partial charge on any atom is -0.349 e. The molecule has 0 saturated carbocycles. The van der Waals surface area contributed by atoms with Gasteiger partial charge in [0.05, 0.1) is 0 Å². The summed E-state index contributed by atoms with van der Waals surface area (Å²) in [5, 5.41) is 3.05. The van der Waals surface area contributed by atoms with Crippen molar-refractivity contribution in [2.75, 3.05) is 0 Å². The van der Waals surface area contributed by atoms with Crippen LogP contribution in [0.2, 0.25) is 0 Å². The van der Waals surface area contributed by atoms with E-state index in [-0.39, 0.29) is 11.9 Å². The molecule has 0 radical (unpaired) electrons. The fraction of sp³-hybridized carbons (Fsp3) is 0.235. The van der Waals surface area contributed by atoms with Crippen LogP contribution in [0.4, 0.5) is 0 Å². The third kappa shape index (κ3) is 3.94. The van der Waals surface area contributed by atoms with E-state index in [0.717, 1.165) is 22.0 Å². The first-order chi connectivity index (χ1) is 9.56. The lowest BCUT2D eigenvalue weighted by atomic mass is 10.1. The highest BCUT2D eigenvalue weighted by Crippen LogP contribution is 2.12. The molecule has 1 amide bonds. The molecule has 0 heterocycles. The van der Waals surface area contributed by atoms with E-state index in [0.29, 0.717) is 0 Å². The van der Waals surface area contributed by atoms with Crippen LogP contribution in [-0.4, -0.2) is 11.9 Å². The molecule has 1 N–H and O–H groups in total. The van der Waals surface area contributed by atoms with Gasteiger partial charge in [0.2, 0.25) is 0 Å². The lowest BCUT2D eigenvalue weighted by Gasteiger charge is -2.15. The largest absolute Gasteiger partial charge is 0.349 e. The Bertz CT molecular complexity index is 592. The Labute approximate surface area is 128 Å². The van der Waals surface area contributed by atoms with E-state index in [4.69, 9.17) is 0 Å².